The van der Waals surface area contributed by atoms with Crippen LogP contribution in [-0.4, -0.2) is 24.1 Å². The van der Waals surface area contributed by atoms with Crippen LogP contribution in [0.25, 0.3) is 0 Å². The maximum absolute atomic E-state index is 13.2. The number of carboxylic acid groups (broad SMARTS) is 1. The van der Waals surface area contributed by atoms with Crippen molar-refractivity contribution in [2.75, 3.05) is 7.11 Å². The lowest BCUT2D eigenvalue weighted by Crippen LogP contribution is -2.26. The third kappa shape index (κ3) is 4.87. The molecule has 0 aliphatic rings. The van der Waals surface area contributed by atoms with Crippen molar-refractivity contribution in [3.05, 3.63) is 29.6 Å². The molecule has 1 rings (SSSR count). The maximum Gasteiger partial charge on any atom is 0.303 e. The summed E-state index contributed by atoms with van der Waals surface area (Å²) in [5.74, 6) is -1.12. The minimum atomic E-state index is -0.933. The first-order valence-corrected chi connectivity index (χ1v) is 6.28. The van der Waals surface area contributed by atoms with Gasteiger partial charge >= 0.3 is 5.97 Å². The fourth-order valence-corrected chi connectivity index (χ4v) is 1.84. The summed E-state index contributed by atoms with van der Waals surface area (Å²) in [6.07, 6.45) is 0.341. The smallest absolute Gasteiger partial charge is 0.303 e. The molecular formula is C14H18FNO4. The number of aliphatic carboxylic acids is 1. The Labute approximate surface area is 116 Å². The molecule has 6 heteroatoms. The second-order valence-electron chi connectivity index (χ2n) is 4.42. The minimum Gasteiger partial charge on any atom is -0.496 e. The Morgan fingerprint density at radius 3 is 2.70 bits per heavy atom. The zero-order chi connectivity index (χ0) is 15.1. The standard InChI is InChI=1S/C14H18FNO4/c1-9(16-13(17)4-3-5-14(18)19)11-8-10(15)6-7-12(11)20-2/h6-9H,3-5H2,1-2H3,(H,16,17)(H,18,19). The summed E-state index contributed by atoms with van der Waals surface area (Å²) in [6.45, 7) is 1.71. The highest BCUT2D eigenvalue weighted by molar-refractivity contribution is 5.77. The Hall–Kier alpha value is -2.11. The van der Waals surface area contributed by atoms with Gasteiger partial charge in [-0.1, -0.05) is 0 Å². The van der Waals surface area contributed by atoms with E-state index in [4.69, 9.17) is 9.84 Å². The van der Waals surface area contributed by atoms with Crippen molar-refractivity contribution < 1.29 is 23.8 Å². The summed E-state index contributed by atoms with van der Waals surface area (Å²) in [4.78, 5) is 22.0. The molecule has 0 spiro atoms. The highest BCUT2D eigenvalue weighted by atomic mass is 19.1. The molecule has 0 saturated heterocycles. The molecule has 1 aromatic rings. The van der Waals surface area contributed by atoms with Crippen molar-refractivity contribution >= 4 is 11.9 Å². The maximum atomic E-state index is 13.2. The number of carbonyl (C=O) groups is 2. The Morgan fingerprint density at radius 2 is 2.10 bits per heavy atom. The van der Waals surface area contributed by atoms with E-state index < -0.39 is 17.8 Å². The molecule has 0 aliphatic carbocycles. The largest absolute Gasteiger partial charge is 0.496 e. The van der Waals surface area contributed by atoms with Crippen LogP contribution >= 0.6 is 0 Å². The van der Waals surface area contributed by atoms with Crippen molar-refractivity contribution in [3.8, 4) is 5.75 Å². The molecule has 1 unspecified atom stereocenters. The molecule has 0 aliphatic heterocycles. The highest BCUT2D eigenvalue weighted by Crippen LogP contribution is 2.25. The van der Waals surface area contributed by atoms with Gasteiger partial charge < -0.3 is 15.2 Å². The van der Waals surface area contributed by atoms with Crippen molar-refractivity contribution in [3.63, 3.8) is 0 Å². The van der Waals surface area contributed by atoms with E-state index >= 15 is 0 Å². The van der Waals surface area contributed by atoms with Gasteiger partial charge in [-0.2, -0.15) is 0 Å². The van der Waals surface area contributed by atoms with E-state index in [0.29, 0.717) is 11.3 Å². The summed E-state index contributed by atoms with van der Waals surface area (Å²) in [5, 5.41) is 11.2. The third-order valence-corrected chi connectivity index (χ3v) is 2.83. The van der Waals surface area contributed by atoms with Crippen molar-refractivity contribution in [2.24, 2.45) is 0 Å². The van der Waals surface area contributed by atoms with Crippen LogP contribution in [0, 0.1) is 5.82 Å². The number of halogens is 1. The van der Waals surface area contributed by atoms with Crippen LogP contribution in [0.5, 0.6) is 5.75 Å². The lowest BCUT2D eigenvalue weighted by atomic mass is 10.1. The van der Waals surface area contributed by atoms with Gasteiger partial charge in [0.1, 0.15) is 11.6 Å². The molecule has 0 aromatic heterocycles. The van der Waals surface area contributed by atoms with Crippen LogP contribution in [-0.2, 0) is 9.59 Å². The number of benzene rings is 1. The monoisotopic (exact) mass is 283 g/mol. The first-order valence-electron chi connectivity index (χ1n) is 6.28. The summed E-state index contributed by atoms with van der Waals surface area (Å²) in [5.41, 5.74) is 0.541. The van der Waals surface area contributed by atoms with Gasteiger partial charge in [0.2, 0.25) is 5.91 Å². The Bertz CT molecular complexity index is 490. The lowest BCUT2D eigenvalue weighted by molar-refractivity contribution is -0.137. The topological polar surface area (TPSA) is 75.6 Å². The van der Waals surface area contributed by atoms with Gasteiger partial charge in [-0.3, -0.25) is 9.59 Å². The number of hydrogen-bond acceptors (Lipinski definition) is 3. The van der Waals surface area contributed by atoms with E-state index in [2.05, 4.69) is 5.32 Å². The van der Waals surface area contributed by atoms with Gasteiger partial charge in [0.15, 0.2) is 0 Å². The quantitative estimate of drug-likeness (QED) is 0.805. The second-order valence-corrected chi connectivity index (χ2v) is 4.42. The number of ether oxygens (including phenoxy) is 1. The SMILES string of the molecule is COc1ccc(F)cc1C(C)NC(=O)CCCC(=O)O. The normalized spacial score (nSPS) is 11.8. The predicted molar refractivity (Wildman–Crippen MR) is 71.0 cm³/mol. The van der Waals surface area contributed by atoms with E-state index in [1.165, 1.54) is 25.3 Å². The number of carbonyl (C=O) groups excluding carboxylic acids is 1. The molecular weight excluding hydrogens is 265 g/mol. The van der Waals surface area contributed by atoms with Gasteiger partial charge in [-0.25, -0.2) is 4.39 Å². The second kappa shape index (κ2) is 7.47. The third-order valence-electron chi connectivity index (χ3n) is 2.83. The molecule has 1 amide bonds. The van der Waals surface area contributed by atoms with Crippen LogP contribution in [0.2, 0.25) is 0 Å². The minimum absolute atomic E-state index is 0.0505. The predicted octanol–water partition coefficient (Wildman–Crippen LogP) is 2.27. The van der Waals surface area contributed by atoms with Gasteiger partial charge in [0.05, 0.1) is 13.2 Å². The van der Waals surface area contributed by atoms with Crippen LogP contribution in [0.1, 0.15) is 37.8 Å². The lowest BCUT2D eigenvalue weighted by Gasteiger charge is -2.17. The average Bonchev–Trinajstić information content (AvgIpc) is 2.38. The number of carboxylic acids is 1. The number of methoxy groups -OCH3 is 1. The molecule has 2 N–H and O–H groups in total. The summed E-state index contributed by atoms with van der Waals surface area (Å²) in [7, 11) is 1.47. The number of amides is 1. The van der Waals surface area contributed by atoms with E-state index in [1.54, 1.807) is 6.92 Å². The zero-order valence-corrected chi connectivity index (χ0v) is 11.5. The summed E-state index contributed by atoms with van der Waals surface area (Å²) >= 11 is 0. The average molecular weight is 283 g/mol. The van der Waals surface area contributed by atoms with E-state index in [0.717, 1.165) is 0 Å². The molecule has 20 heavy (non-hydrogen) atoms. The Kier molecular flexibility index (Phi) is 5.96. The Morgan fingerprint density at radius 1 is 1.40 bits per heavy atom. The van der Waals surface area contributed by atoms with Gasteiger partial charge in [0.25, 0.3) is 0 Å². The molecule has 1 atom stereocenters. The van der Waals surface area contributed by atoms with Gasteiger partial charge in [-0.15, -0.1) is 0 Å². The molecule has 0 heterocycles. The zero-order valence-electron chi connectivity index (χ0n) is 11.5. The molecule has 0 radical (unpaired) electrons. The molecule has 0 fully saturated rings. The van der Waals surface area contributed by atoms with Gasteiger partial charge in [0, 0.05) is 18.4 Å². The fourth-order valence-electron chi connectivity index (χ4n) is 1.84. The molecule has 5 nitrogen and oxygen atoms in total. The van der Waals surface area contributed by atoms with Crippen LogP contribution in [0.15, 0.2) is 18.2 Å². The highest BCUT2D eigenvalue weighted by Gasteiger charge is 2.15. The van der Waals surface area contributed by atoms with Crippen LogP contribution in [0.3, 0.4) is 0 Å². The molecule has 0 bridgehead atoms. The van der Waals surface area contributed by atoms with E-state index in [-0.39, 0.29) is 25.2 Å². The van der Waals surface area contributed by atoms with Gasteiger partial charge in [-0.05, 0) is 31.5 Å². The number of hydrogen-bond donors (Lipinski definition) is 2. The number of nitrogens with one attached hydrogen (secondary N) is 1. The fraction of sp³-hybridized carbons (Fsp3) is 0.429. The van der Waals surface area contributed by atoms with Crippen LogP contribution < -0.4 is 10.1 Å². The Balaban J connectivity index is 2.61. The van der Waals surface area contributed by atoms with E-state index in [1.807, 2.05) is 0 Å². The van der Waals surface area contributed by atoms with Crippen molar-refractivity contribution in [1.82, 2.24) is 5.32 Å². The molecule has 1 aromatic carbocycles. The summed E-state index contributed by atoms with van der Waals surface area (Å²) < 4.78 is 18.4. The first-order chi connectivity index (χ1) is 9.43. The van der Waals surface area contributed by atoms with Crippen LogP contribution in [0.4, 0.5) is 4.39 Å². The van der Waals surface area contributed by atoms with Crippen molar-refractivity contribution in [1.29, 1.82) is 0 Å². The van der Waals surface area contributed by atoms with E-state index in [9.17, 15) is 14.0 Å². The number of rotatable bonds is 7. The van der Waals surface area contributed by atoms with Crippen molar-refractivity contribution in [2.45, 2.75) is 32.2 Å². The molecule has 0 saturated carbocycles. The first kappa shape index (κ1) is 15.9. The summed E-state index contributed by atoms with van der Waals surface area (Å²) in [6, 6.07) is 3.67. The molecule has 110 valence electrons.